The van der Waals surface area contributed by atoms with E-state index in [4.69, 9.17) is 17.0 Å². The van der Waals surface area contributed by atoms with E-state index in [-0.39, 0.29) is 0 Å². The number of hydrogen-bond acceptors (Lipinski definition) is 3. The Bertz CT molecular complexity index is 225. The van der Waals surface area contributed by atoms with Crippen LogP contribution in [0.5, 0.6) is 0 Å². The Morgan fingerprint density at radius 1 is 1.43 bits per heavy atom. The molecule has 0 aromatic rings. The number of nitrogens with zero attached hydrogens (tertiary/aromatic N) is 1. The van der Waals surface area contributed by atoms with Gasteiger partial charge in [0.25, 0.3) is 0 Å². The van der Waals surface area contributed by atoms with Gasteiger partial charge in [-0.2, -0.15) is 0 Å². The largest absolute Gasteiger partial charge is 0.442 e. The van der Waals surface area contributed by atoms with Crippen molar-refractivity contribution < 1.29 is 9.53 Å². The Morgan fingerprint density at radius 3 is 2.29 bits per heavy atom. The van der Waals surface area contributed by atoms with E-state index in [0.717, 1.165) is 0 Å². The van der Waals surface area contributed by atoms with Gasteiger partial charge in [0.2, 0.25) is 0 Å². The molecule has 5 nitrogen and oxygen atoms in total. The average Bonchev–Trinajstić information content (AvgIpc) is 2.00. The Balaban J connectivity index is 4.07. The molecule has 0 aliphatic rings. The van der Waals surface area contributed by atoms with E-state index in [1.165, 1.54) is 12.1 Å². The lowest BCUT2D eigenvalue weighted by molar-refractivity contribution is 0.0250. The van der Waals surface area contributed by atoms with E-state index in [2.05, 4.69) is 10.7 Å². The molecule has 0 bridgehead atoms. The van der Waals surface area contributed by atoms with Gasteiger partial charge in [0.05, 0.1) is 0 Å². The van der Waals surface area contributed by atoms with Gasteiger partial charge >= 0.3 is 6.09 Å². The Morgan fingerprint density at radius 2 is 1.93 bits per heavy atom. The van der Waals surface area contributed by atoms with E-state index in [0.29, 0.717) is 5.11 Å². The van der Waals surface area contributed by atoms with Crippen LogP contribution in [0.3, 0.4) is 0 Å². The van der Waals surface area contributed by atoms with E-state index in [9.17, 15) is 4.79 Å². The monoisotopic (exact) mass is 219 g/mol. The van der Waals surface area contributed by atoms with Crippen molar-refractivity contribution >= 4 is 23.4 Å². The van der Waals surface area contributed by atoms with Crippen molar-refractivity contribution in [2.75, 3.05) is 14.1 Å². The van der Waals surface area contributed by atoms with Crippen LogP contribution in [0, 0.1) is 0 Å². The summed E-state index contributed by atoms with van der Waals surface area (Å²) >= 11 is 4.82. The number of rotatable bonds is 0. The van der Waals surface area contributed by atoms with Crippen LogP contribution in [0.4, 0.5) is 4.79 Å². The van der Waals surface area contributed by atoms with Crippen LogP contribution in [0.15, 0.2) is 0 Å². The van der Waals surface area contributed by atoms with Gasteiger partial charge < -0.3 is 10.1 Å². The summed E-state index contributed by atoms with van der Waals surface area (Å²) in [6.45, 7) is 5.40. The summed E-state index contributed by atoms with van der Waals surface area (Å²) in [5.74, 6) is 0. The predicted octanol–water partition coefficient (Wildman–Crippen LogP) is 0.862. The smallest absolute Gasteiger partial charge is 0.428 e. The van der Waals surface area contributed by atoms with E-state index < -0.39 is 11.7 Å². The van der Waals surface area contributed by atoms with Gasteiger partial charge in [-0.1, -0.05) is 0 Å². The van der Waals surface area contributed by atoms with Crippen LogP contribution in [0.25, 0.3) is 0 Å². The van der Waals surface area contributed by atoms with Gasteiger partial charge in [0, 0.05) is 14.1 Å². The normalized spacial score (nSPS) is 10.4. The molecule has 0 aliphatic carbocycles. The summed E-state index contributed by atoms with van der Waals surface area (Å²) in [5.41, 5.74) is 2.13. The van der Waals surface area contributed by atoms with Crippen molar-refractivity contribution in [3.8, 4) is 0 Å². The zero-order valence-electron chi connectivity index (χ0n) is 9.17. The molecular formula is C8H17N3O2S. The van der Waals surface area contributed by atoms with Crippen molar-refractivity contribution in [2.24, 2.45) is 0 Å². The maximum atomic E-state index is 11.4. The highest BCUT2D eigenvalue weighted by atomic mass is 32.1. The number of hydrazine groups is 1. The molecule has 0 fully saturated rings. The Kier molecular flexibility index (Phi) is 4.62. The number of hydrogen-bond donors (Lipinski definition) is 2. The third kappa shape index (κ3) is 5.58. The molecule has 0 aromatic carbocycles. The molecule has 0 atom stereocenters. The molecule has 0 spiro atoms. The summed E-state index contributed by atoms with van der Waals surface area (Å²) in [7, 11) is 3.20. The van der Waals surface area contributed by atoms with Gasteiger partial charge in [0.1, 0.15) is 5.60 Å². The molecule has 0 saturated heterocycles. The van der Waals surface area contributed by atoms with Gasteiger partial charge in [-0.3, -0.25) is 5.43 Å². The molecule has 82 valence electrons. The number of nitrogens with one attached hydrogen (secondary N) is 2. The summed E-state index contributed by atoms with van der Waals surface area (Å²) in [6, 6.07) is 0. The molecule has 6 heteroatoms. The molecule has 0 aromatic heterocycles. The minimum absolute atomic E-state index is 0.360. The van der Waals surface area contributed by atoms with Crippen LogP contribution >= 0.6 is 12.2 Å². The van der Waals surface area contributed by atoms with Crippen LogP contribution in [0.2, 0.25) is 0 Å². The van der Waals surface area contributed by atoms with Gasteiger partial charge in [-0.05, 0) is 33.0 Å². The molecule has 14 heavy (non-hydrogen) atoms. The summed E-state index contributed by atoms with van der Waals surface area (Å²) < 4.78 is 5.08. The van der Waals surface area contributed by atoms with Crippen molar-refractivity contribution in [1.29, 1.82) is 0 Å². The number of carbonyl (C=O) groups excluding carboxylic acids is 1. The van der Waals surface area contributed by atoms with Crippen LogP contribution in [-0.2, 0) is 4.74 Å². The van der Waals surface area contributed by atoms with Crippen LogP contribution in [0.1, 0.15) is 20.8 Å². The second-order valence-corrected chi connectivity index (χ2v) is 4.14. The fourth-order valence-electron chi connectivity index (χ4n) is 0.584. The lowest BCUT2D eigenvalue weighted by Crippen LogP contribution is -2.48. The van der Waals surface area contributed by atoms with Crippen LogP contribution in [-0.4, -0.2) is 35.9 Å². The Labute approximate surface area is 89.8 Å². The zero-order valence-corrected chi connectivity index (χ0v) is 9.99. The van der Waals surface area contributed by atoms with E-state index >= 15 is 0 Å². The number of ether oxygens (including phenoxy) is 1. The quantitative estimate of drug-likeness (QED) is 0.467. The standard InChI is InChI=1S/C8H17N3O2S/c1-8(2,3)13-7(12)11(5)10-6(14)9-4/h1-5H3,(H2,9,10,14). The molecule has 0 saturated carbocycles. The minimum atomic E-state index is -0.506. The molecule has 0 aliphatic heterocycles. The first-order valence-electron chi connectivity index (χ1n) is 4.21. The molecule has 0 rings (SSSR count). The number of thiocarbonyl (C=S) groups is 1. The number of amides is 1. The first-order chi connectivity index (χ1) is 6.26. The van der Waals surface area contributed by atoms with Gasteiger partial charge in [-0.25, -0.2) is 9.80 Å². The minimum Gasteiger partial charge on any atom is -0.442 e. The topological polar surface area (TPSA) is 53.6 Å². The highest BCUT2D eigenvalue weighted by Crippen LogP contribution is 2.07. The van der Waals surface area contributed by atoms with E-state index in [1.54, 1.807) is 27.8 Å². The number of carbonyl (C=O) groups is 1. The highest BCUT2D eigenvalue weighted by molar-refractivity contribution is 7.80. The lowest BCUT2D eigenvalue weighted by atomic mass is 10.2. The molecule has 0 unspecified atom stereocenters. The molecular weight excluding hydrogens is 202 g/mol. The fraction of sp³-hybridized carbons (Fsp3) is 0.750. The maximum absolute atomic E-state index is 11.4. The third-order valence-electron chi connectivity index (χ3n) is 1.16. The summed E-state index contributed by atoms with van der Waals surface area (Å²) in [4.78, 5) is 11.4. The van der Waals surface area contributed by atoms with E-state index in [1.807, 2.05) is 0 Å². The fourth-order valence-corrected chi connectivity index (χ4v) is 0.721. The average molecular weight is 219 g/mol. The SMILES string of the molecule is CNC(=S)NN(C)C(=O)OC(C)(C)C. The highest BCUT2D eigenvalue weighted by Gasteiger charge is 2.19. The second-order valence-electron chi connectivity index (χ2n) is 3.73. The first kappa shape index (κ1) is 13.0. The Hall–Kier alpha value is -1.04. The third-order valence-corrected chi connectivity index (χ3v) is 1.46. The first-order valence-corrected chi connectivity index (χ1v) is 4.62. The molecule has 0 heterocycles. The van der Waals surface area contributed by atoms with Crippen molar-refractivity contribution in [3.63, 3.8) is 0 Å². The van der Waals surface area contributed by atoms with Crippen molar-refractivity contribution in [2.45, 2.75) is 26.4 Å². The zero-order chi connectivity index (χ0) is 11.4. The lowest BCUT2D eigenvalue weighted by Gasteiger charge is -2.25. The summed E-state index contributed by atoms with van der Waals surface area (Å²) in [5, 5.41) is 4.23. The van der Waals surface area contributed by atoms with Crippen molar-refractivity contribution in [3.05, 3.63) is 0 Å². The molecule has 2 N–H and O–H groups in total. The second kappa shape index (κ2) is 4.99. The molecule has 1 amide bonds. The van der Waals surface area contributed by atoms with Crippen molar-refractivity contribution in [1.82, 2.24) is 15.8 Å². The molecule has 0 radical (unpaired) electrons. The maximum Gasteiger partial charge on any atom is 0.428 e. The van der Waals surface area contributed by atoms with Gasteiger partial charge in [-0.15, -0.1) is 0 Å². The summed E-state index contributed by atoms with van der Waals surface area (Å²) in [6.07, 6.45) is -0.477. The predicted molar refractivity (Wildman–Crippen MR) is 58.8 cm³/mol. The van der Waals surface area contributed by atoms with Gasteiger partial charge in [0.15, 0.2) is 5.11 Å². The van der Waals surface area contributed by atoms with Crippen LogP contribution < -0.4 is 10.7 Å².